The Labute approximate surface area is 119 Å². The molecular formula is C14H22ClN3O. The number of hydrogen-bond donors (Lipinski definition) is 1. The van der Waals surface area contributed by atoms with E-state index >= 15 is 0 Å². The van der Waals surface area contributed by atoms with Gasteiger partial charge in [-0.2, -0.15) is 5.10 Å². The highest BCUT2D eigenvalue weighted by Gasteiger charge is 2.21. The van der Waals surface area contributed by atoms with Crippen molar-refractivity contribution in [2.45, 2.75) is 39.5 Å². The Bertz CT molecular complexity index is 464. The highest BCUT2D eigenvalue weighted by atomic mass is 35.5. The quantitative estimate of drug-likeness (QED) is 0.924. The number of halogens is 1. The van der Waals surface area contributed by atoms with Gasteiger partial charge in [-0.25, -0.2) is 5.10 Å². The number of H-pyrrole nitrogens is 1. The van der Waals surface area contributed by atoms with Gasteiger partial charge in [0.05, 0.1) is 11.9 Å². The Kier molecular flexibility index (Phi) is 4.86. The van der Waals surface area contributed by atoms with Crippen molar-refractivity contribution in [3.63, 3.8) is 0 Å². The molecule has 0 radical (unpaired) electrons. The number of piperidine rings is 1. The maximum absolute atomic E-state index is 11.4. The smallest absolute Gasteiger partial charge is 0.285 e. The van der Waals surface area contributed by atoms with E-state index in [1.54, 1.807) is 6.20 Å². The van der Waals surface area contributed by atoms with Crippen molar-refractivity contribution in [2.75, 3.05) is 18.0 Å². The summed E-state index contributed by atoms with van der Waals surface area (Å²) in [6, 6.07) is 0. The van der Waals surface area contributed by atoms with Crippen LogP contribution in [0.5, 0.6) is 0 Å². The molecule has 1 aliphatic rings. The Morgan fingerprint density at radius 1 is 1.47 bits per heavy atom. The van der Waals surface area contributed by atoms with Gasteiger partial charge in [0.25, 0.3) is 5.56 Å². The molecule has 0 amide bonds. The molecule has 0 saturated carbocycles. The lowest BCUT2D eigenvalue weighted by molar-refractivity contribution is 0.351. The third kappa shape index (κ3) is 3.72. The van der Waals surface area contributed by atoms with E-state index < -0.39 is 0 Å². The lowest BCUT2D eigenvalue weighted by Gasteiger charge is -2.33. The van der Waals surface area contributed by atoms with Gasteiger partial charge >= 0.3 is 0 Å². The largest absolute Gasteiger partial charge is 0.369 e. The SMILES string of the molecule is CC(C)CCC1CCN(c2cn[nH]c(=O)c2Cl)CC1. The molecule has 2 heterocycles. The van der Waals surface area contributed by atoms with Crippen LogP contribution in [-0.4, -0.2) is 23.3 Å². The lowest BCUT2D eigenvalue weighted by atomic mass is 9.89. The molecule has 1 aromatic heterocycles. The molecule has 0 bridgehead atoms. The van der Waals surface area contributed by atoms with E-state index in [1.165, 1.54) is 25.7 Å². The molecule has 4 nitrogen and oxygen atoms in total. The van der Waals surface area contributed by atoms with Crippen LogP contribution in [0.1, 0.15) is 39.5 Å². The van der Waals surface area contributed by atoms with Gasteiger partial charge in [-0.05, 0) is 24.7 Å². The van der Waals surface area contributed by atoms with E-state index in [0.29, 0.717) is 0 Å². The standard InChI is InChI=1S/C14H22ClN3O/c1-10(2)3-4-11-5-7-18(8-6-11)12-9-16-17-14(19)13(12)15/h9-11H,3-8H2,1-2H3,(H,17,19). The van der Waals surface area contributed by atoms with Crippen molar-refractivity contribution < 1.29 is 0 Å². The zero-order valence-corrected chi connectivity index (χ0v) is 12.4. The number of anilines is 1. The van der Waals surface area contributed by atoms with Crippen LogP contribution in [0.2, 0.25) is 5.02 Å². The van der Waals surface area contributed by atoms with Crippen LogP contribution in [0.25, 0.3) is 0 Å². The molecule has 1 saturated heterocycles. The van der Waals surface area contributed by atoms with Crippen LogP contribution in [0.15, 0.2) is 11.0 Å². The molecule has 2 rings (SSSR count). The average molecular weight is 284 g/mol. The minimum atomic E-state index is -0.305. The lowest BCUT2D eigenvalue weighted by Crippen LogP contribution is -2.35. The fraction of sp³-hybridized carbons (Fsp3) is 0.714. The first-order chi connectivity index (χ1) is 9.08. The molecule has 0 atom stereocenters. The average Bonchev–Trinajstić information content (AvgIpc) is 2.40. The summed E-state index contributed by atoms with van der Waals surface area (Å²) in [6.45, 7) is 6.48. The third-order valence-electron chi connectivity index (χ3n) is 3.88. The summed E-state index contributed by atoms with van der Waals surface area (Å²) in [7, 11) is 0. The van der Waals surface area contributed by atoms with Gasteiger partial charge in [-0.3, -0.25) is 4.79 Å². The van der Waals surface area contributed by atoms with E-state index in [-0.39, 0.29) is 10.6 Å². The fourth-order valence-electron chi connectivity index (χ4n) is 2.63. The maximum Gasteiger partial charge on any atom is 0.285 e. The van der Waals surface area contributed by atoms with E-state index in [2.05, 4.69) is 28.9 Å². The summed E-state index contributed by atoms with van der Waals surface area (Å²) < 4.78 is 0. The summed E-state index contributed by atoms with van der Waals surface area (Å²) in [6.07, 6.45) is 6.62. The van der Waals surface area contributed by atoms with Gasteiger partial charge in [-0.15, -0.1) is 0 Å². The van der Waals surface area contributed by atoms with Crippen LogP contribution in [-0.2, 0) is 0 Å². The number of aromatic nitrogens is 2. The minimum absolute atomic E-state index is 0.260. The second-order valence-corrected chi connectivity index (χ2v) is 6.18. The summed E-state index contributed by atoms with van der Waals surface area (Å²) in [5.41, 5.74) is 0.467. The second-order valence-electron chi connectivity index (χ2n) is 5.80. The van der Waals surface area contributed by atoms with Crippen molar-refractivity contribution >= 4 is 17.3 Å². The van der Waals surface area contributed by atoms with Crippen molar-refractivity contribution in [2.24, 2.45) is 11.8 Å². The minimum Gasteiger partial charge on any atom is -0.369 e. The summed E-state index contributed by atoms with van der Waals surface area (Å²) in [5, 5.41) is 6.45. The Morgan fingerprint density at radius 3 is 2.79 bits per heavy atom. The van der Waals surface area contributed by atoms with E-state index in [0.717, 1.165) is 30.6 Å². The van der Waals surface area contributed by atoms with Crippen LogP contribution >= 0.6 is 11.6 Å². The molecule has 1 fully saturated rings. The highest BCUT2D eigenvalue weighted by Crippen LogP contribution is 2.29. The third-order valence-corrected chi connectivity index (χ3v) is 4.25. The van der Waals surface area contributed by atoms with Crippen LogP contribution in [0, 0.1) is 11.8 Å². The molecule has 1 aliphatic heterocycles. The van der Waals surface area contributed by atoms with Gasteiger partial charge < -0.3 is 4.90 Å². The number of nitrogens with one attached hydrogen (secondary N) is 1. The Morgan fingerprint density at radius 2 is 2.16 bits per heavy atom. The van der Waals surface area contributed by atoms with Crippen molar-refractivity contribution in [3.8, 4) is 0 Å². The second kappa shape index (κ2) is 6.42. The van der Waals surface area contributed by atoms with Crippen LogP contribution in [0.3, 0.4) is 0 Å². The number of nitrogens with zero attached hydrogens (tertiary/aromatic N) is 2. The molecular weight excluding hydrogens is 262 g/mol. The molecule has 0 spiro atoms. The zero-order chi connectivity index (χ0) is 13.8. The fourth-order valence-corrected chi connectivity index (χ4v) is 2.84. The predicted octanol–water partition coefficient (Wildman–Crippen LogP) is 3.08. The summed E-state index contributed by atoms with van der Waals surface area (Å²) in [4.78, 5) is 13.6. The first-order valence-corrected chi connectivity index (χ1v) is 7.44. The van der Waals surface area contributed by atoms with Crippen molar-refractivity contribution in [1.29, 1.82) is 0 Å². The highest BCUT2D eigenvalue weighted by molar-refractivity contribution is 6.32. The van der Waals surface area contributed by atoms with Crippen molar-refractivity contribution in [3.05, 3.63) is 21.6 Å². The molecule has 19 heavy (non-hydrogen) atoms. The van der Waals surface area contributed by atoms with Crippen molar-refractivity contribution in [1.82, 2.24) is 10.2 Å². The van der Waals surface area contributed by atoms with Gasteiger partial charge in [0.2, 0.25) is 0 Å². The summed E-state index contributed by atoms with van der Waals surface area (Å²) in [5.74, 6) is 1.59. The molecule has 5 heteroatoms. The molecule has 1 N–H and O–H groups in total. The Hall–Kier alpha value is -1.03. The topological polar surface area (TPSA) is 49.0 Å². The van der Waals surface area contributed by atoms with Gasteiger partial charge in [0.15, 0.2) is 0 Å². The normalized spacial score (nSPS) is 17.2. The maximum atomic E-state index is 11.4. The first-order valence-electron chi connectivity index (χ1n) is 7.06. The summed E-state index contributed by atoms with van der Waals surface area (Å²) >= 11 is 6.04. The van der Waals surface area contributed by atoms with E-state index in [4.69, 9.17) is 11.6 Å². The van der Waals surface area contributed by atoms with E-state index in [9.17, 15) is 4.79 Å². The number of rotatable bonds is 4. The van der Waals surface area contributed by atoms with Gasteiger partial charge in [0.1, 0.15) is 5.02 Å². The van der Waals surface area contributed by atoms with Crippen LogP contribution < -0.4 is 10.5 Å². The zero-order valence-electron chi connectivity index (χ0n) is 11.7. The van der Waals surface area contributed by atoms with E-state index in [1.807, 2.05) is 0 Å². The monoisotopic (exact) mass is 283 g/mol. The molecule has 0 aliphatic carbocycles. The predicted molar refractivity (Wildman–Crippen MR) is 78.9 cm³/mol. The number of hydrogen-bond acceptors (Lipinski definition) is 3. The number of aromatic amines is 1. The van der Waals surface area contributed by atoms with Gasteiger partial charge in [-0.1, -0.05) is 38.3 Å². The molecule has 106 valence electrons. The first kappa shape index (κ1) is 14.4. The molecule has 1 aromatic rings. The molecule has 0 unspecified atom stereocenters. The van der Waals surface area contributed by atoms with Crippen LogP contribution in [0.4, 0.5) is 5.69 Å². The molecule has 0 aromatic carbocycles. The Balaban J connectivity index is 1.93. The van der Waals surface area contributed by atoms with Gasteiger partial charge in [0, 0.05) is 13.1 Å².